The summed E-state index contributed by atoms with van der Waals surface area (Å²) >= 11 is 0. The predicted molar refractivity (Wildman–Crippen MR) is 64.0 cm³/mol. The van der Waals surface area contributed by atoms with E-state index in [1.807, 2.05) is 6.92 Å². The van der Waals surface area contributed by atoms with Crippen LogP contribution in [0.2, 0.25) is 0 Å². The van der Waals surface area contributed by atoms with E-state index in [-0.39, 0.29) is 5.56 Å². The SMILES string of the molecule is Cc1[nH]ncc1NNc1ccccc1C(=O)O. The summed E-state index contributed by atoms with van der Waals surface area (Å²) in [7, 11) is 0. The minimum absolute atomic E-state index is 0.209. The van der Waals surface area contributed by atoms with Crippen molar-refractivity contribution < 1.29 is 9.90 Å². The lowest BCUT2D eigenvalue weighted by Gasteiger charge is -2.10. The molecule has 0 amide bonds. The Hall–Kier alpha value is -2.50. The first-order chi connectivity index (χ1) is 8.18. The van der Waals surface area contributed by atoms with Crippen molar-refractivity contribution in [2.24, 2.45) is 0 Å². The molecule has 6 heteroatoms. The second-order valence-corrected chi connectivity index (χ2v) is 3.51. The summed E-state index contributed by atoms with van der Waals surface area (Å²) in [6, 6.07) is 6.66. The van der Waals surface area contributed by atoms with Crippen LogP contribution in [0.5, 0.6) is 0 Å². The zero-order chi connectivity index (χ0) is 12.3. The highest BCUT2D eigenvalue weighted by molar-refractivity contribution is 5.94. The van der Waals surface area contributed by atoms with Gasteiger partial charge >= 0.3 is 5.97 Å². The molecule has 1 aromatic heterocycles. The number of nitrogens with zero attached hydrogens (tertiary/aromatic N) is 1. The number of rotatable bonds is 4. The Labute approximate surface area is 97.6 Å². The summed E-state index contributed by atoms with van der Waals surface area (Å²) in [5.74, 6) is -0.973. The van der Waals surface area contributed by atoms with Crippen LogP contribution in [0.4, 0.5) is 11.4 Å². The quantitative estimate of drug-likeness (QED) is 0.604. The number of nitrogens with one attached hydrogen (secondary N) is 3. The number of carboxylic acid groups (broad SMARTS) is 1. The highest BCUT2D eigenvalue weighted by atomic mass is 16.4. The normalized spacial score (nSPS) is 9.94. The molecule has 0 fully saturated rings. The Balaban J connectivity index is 2.14. The number of hydrogen-bond donors (Lipinski definition) is 4. The highest BCUT2D eigenvalue weighted by Crippen LogP contribution is 2.16. The van der Waals surface area contributed by atoms with Crippen LogP contribution in [0.15, 0.2) is 30.5 Å². The molecular weight excluding hydrogens is 220 g/mol. The van der Waals surface area contributed by atoms with E-state index in [1.165, 1.54) is 6.07 Å². The predicted octanol–water partition coefficient (Wildman–Crippen LogP) is 1.86. The van der Waals surface area contributed by atoms with Gasteiger partial charge in [0.15, 0.2) is 0 Å². The molecule has 2 rings (SSSR count). The molecule has 0 radical (unpaired) electrons. The summed E-state index contributed by atoms with van der Waals surface area (Å²) in [5.41, 5.74) is 8.09. The van der Waals surface area contributed by atoms with Crippen molar-refractivity contribution in [2.45, 2.75) is 6.92 Å². The number of anilines is 2. The summed E-state index contributed by atoms with van der Waals surface area (Å²) in [6.07, 6.45) is 1.62. The number of para-hydroxylation sites is 1. The molecule has 0 spiro atoms. The van der Waals surface area contributed by atoms with Gasteiger partial charge in [-0.15, -0.1) is 0 Å². The van der Waals surface area contributed by atoms with Crippen LogP contribution < -0.4 is 10.9 Å². The molecule has 1 aromatic carbocycles. The maximum Gasteiger partial charge on any atom is 0.337 e. The van der Waals surface area contributed by atoms with E-state index in [0.29, 0.717) is 5.69 Å². The van der Waals surface area contributed by atoms with Gasteiger partial charge in [-0.2, -0.15) is 5.10 Å². The second-order valence-electron chi connectivity index (χ2n) is 3.51. The Morgan fingerprint density at radius 1 is 1.29 bits per heavy atom. The third-order valence-corrected chi connectivity index (χ3v) is 2.32. The van der Waals surface area contributed by atoms with E-state index in [4.69, 9.17) is 5.11 Å². The molecule has 6 nitrogen and oxygen atoms in total. The molecule has 17 heavy (non-hydrogen) atoms. The van der Waals surface area contributed by atoms with Gasteiger partial charge in [-0.1, -0.05) is 12.1 Å². The van der Waals surface area contributed by atoms with E-state index in [0.717, 1.165) is 11.4 Å². The third kappa shape index (κ3) is 2.36. The van der Waals surface area contributed by atoms with Crippen molar-refractivity contribution in [2.75, 3.05) is 10.9 Å². The van der Waals surface area contributed by atoms with Crippen LogP contribution >= 0.6 is 0 Å². The lowest BCUT2D eigenvalue weighted by Crippen LogP contribution is -2.12. The molecule has 0 bridgehead atoms. The molecule has 1 heterocycles. The fourth-order valence-corrected chi connectivity index (χ4v) is 1.39. The van der Waals surface area contributed by atoms with Crippen molar-refractivity contribution in [3.05, 3.63) is 41.7 Å². The number of aromatic nitrogens is 2. The summed E-state index contributed by atoms with van der Waals surface area (Å²) in [4.78, 5) is 11.0. The van der Waals surface area contributed by atoms with Crippen molar-refractivity contribution in [1.82, 2.24) is 10.2 Å². The first-order valence-corrected chi connectivity index (χ1v) is 5.03. The molecule has 0 aliphatic carbocycles. The molecule has 4 N–H and O–H groups in total. The number of aromatic amines is 1. The largest absolute Gasteiger partial charge is 0.478 e. The number of H-pyrrole nitrogens is 1. The maximum absolute atomic E-state index is 11.0. The number of carbonyl (C=O) groups is 1. The zero-order valence-electron chi connectivity index (χ0n) is 9.19. The van der Waals surface area contributed by atoms with Crippen LogP contribution in [0.3, 0.4) is 0 Å². The van der Waals surface area contributed by atoms with Crippen molar-refractivity contribution in [3.63, 3.8) is 0 Å². The monoisotopic (exact) mass is 232 g/mol. The Bertz CT molecular complexity index is 536. The van der Waals surface area contributed by atoms with Gasteiger partial charge in [-0.25, -0.2) is 4.79 Å². The molecular formula is C11H12N4O2. The van der Waals surface area contributed by atoms with E-state index < -0.39 is 5.97 Å². The van der Waals surface area contributed by atoms with Crippen molar-refractivity contribution in [3.8, 4) is 0 Å². The molecule has 88 valence electrons. The summed E-state index contributed by atoms with van der Waals surface area (Å²) in [5, 5.41) is 15.6. The van der Waals surface area contributed by atoms with Crippen LogP contribution in [0, 0.1) is 6.92 Å². The fourth-order valence-electron chi connectivity index (χ4n) is 1.39. The number of hydrazine groups is 1. The maximum atomic E-state index is 11.0. The highest BCUT2D eigenvalue weighted by Gasteiger charge is 2.08. The third-order valence-electron chi connectivity index (χ3n) is 2.32. The van der Waals surface area contributed by atoms with Gasteiger partial charge in [0.25, 0.3) is 0 Å². The van der Waals surface area contributed by atoms with Crippen molar-refractivity contribution in [1.29, 1.82) is 0 Å². The van der Waals surface area contributed by atoms with Gasteiger partial charge in [-0.3, -0.25) is 16.0 Å². The van der Waals surface area contributed by atoms with Crippen LogP contribution in [0.25, 0.3) is 0 Å². The summed E-state index contributed by atoms with van der Waals surface area (Å²) < 4.78 is 0. The lowest BCUT2D eigenvalue weighted by atomic mass is 10.2. The van der Waals surface area contributed by atoms with Crippen LogP contribution in [0.1, 0.15) is 16.1 Å². The molecule has 0 unspecified atom stereocenters. The first-order valence-electron chi connectivity index (χ1n) is 5.03. The number of hydrogen-bond acceptors (Lipinski definition) is 4. The Morgan fingerprint density at radius 3 is 2.65 bits per heavy atom. The van der Waals surface area contributed by atoms with Gasteiger partial charge in [0.2, 0.25) is 0 Å². The van der Waals surface area contributed by atoms with Gasteiger partial charge in [0.05, 0.1) is 28.8 Å². The van der Waals surface area contributed by atoms with E-state index in [1.54, 1.807) is 24.4 Å². The minimum atomic E-state index is -0.973. The van der Waals surface area contributed by atoms with Crippen LogP contribution in [-0.4, -0.2) is 21.3 Å². The molecule has 2 aromatic rings. The van der Waals surface area contributed by atoms with Crippen LogP contribution in [-0.2, 0) is 0 Å². The van der Waals surface area contributed by atoms with Crippen molar-refractivity contribution >= 4 is 17.3 Å². The van der Waals surface area contributed by atoms with E-state index in [2.05, 4.69) is 21.0 Å². The van der Waals surface area contributed by atoms with E-state index >= 15 is 0 Å². The first kappa shape index (κ1) is 11.0. The standard InChI is InChI=1S/C11H12N4O2/c1-7-10(6-12-13-7)15-14-9-5-3-2-4-8(9)11(16)17/h2-6,14-15H,1H3,(H,12,13)(H,16,17). The average Bonchev–Trinajstić information content (AvgIpc) is 2.72. The van der Waals surface area contributed by atoms with Gasteiger partial charge < -0.3 is 5.11 Å². The molecule has 0 saturated heterocycles. The number of aryl methyl sites for hydroxylation is 1. The van der Waals surface area contributed by atoms with E-state index in [9.17, 15) is 4.79 Å². The topological polar surface area (TPSA) is 90.0 Å². The number of benzene rings is 1. The lowest BCUT2D eigenvalue weighted by molar-refractivity contribution is 0.0698. The summed E-state index contributed by atoms with van der Waals surface area (Å²) in [6.45, 7) is 1.86. The van der Waals surface area contributed by atoms with Gasteiger partial charge in [-0.05, 0) is 19.1 Å². The Morgan fingerprint density at radius 2 is 2.00 bits per heavy atom. The fraction of sp³-hybridized carbons (Fsp3) is 0.0909. The molecule has 0 saturated carbocycles. The molecule has 0 atom stereocenters. The van der Waals surface area contributed by atoms with Gasteiger partial charge in [0, 0.05) is 0 Å². The minimum Gasteiger partial charge on any atom is -0.478 e. The average molecular weight is 232 g/mol. The Kier molecular flexibility index (Phi) is 2.95. The van der Waals surface area contributed by atoms with Gasteiger partial charge in [0.1, 0.15) is 0 Å². The number of carboxylic acids is 1. The zero-order valence-corrected chi connectivity index (χ0v) is 9.19. The molecule has 0 aliphatic rings. The molecule has 0 aliphatic heterocycles. The second kappa shape index (κ2) is 4.56. The smallest absolute Gasteiger partial charge is 0.337 e. The number of aromatic carboxylic acids is 1.